The first kappa shape index (κ1) is 10.1. The van der Waals surface area contributed by atoms with Gasteiger partial charge in [-0.15, -0.1) is 0 Å². The molecule has 1 aromatic heterocycles. The molecule has 0 aliphatic heterocycles. The van der Waals surface area contributed by atoms with E-state index in [-0.39, 0.29) is 0 Å². The molecule has 0 aromatic carbocycles. The van der Waals surface area contributed by atoms with E-state index in [1.807, 2.05) is 12.3 Å². The summed E-state index contributed by atoms with van der Waals surface area (Å²) in [7, 11) is 0. The first-order chi connectivity index (χ1) is 6.24. The fraction of sp³-hybridized carbons (Fsp3) is 0.400. The summed E-state index contributed by atoms with van der Waals surface area (Å²) in [6.45, 7) is 4.28. The Morgan fingerprint density at radius 1 is 1.54 bits per heavy atom. The maximum absolute atomic E-state index is 8.37. The zero-order chi connectivity index (χ0) is 9.68. The van der Waals surface area contributed by atoms with E-state index in [1.54, 1.807) is 0 Å². The SMILES string of the molecule is CC(C)c1ccc(SCC#N)nc1. The molecule has 2 nitrogen and oxygen atoms in total. The summed E-state index contributed by atoms with van der Waals surface area (Å²) in [5, 5.41) is 9.29. The van der Waals surface area contributed by atoms with Gasteiger partial charge >= 0.3 is 0 Å². The number of pyridine rings is 1. The molecule has 0 unspecified atom stereocenters. The van der Waals surface area contributed by atoms with E-state index in [1.165, 1.54) is 17.3 Å². The molecule has 68 valence electrons. The van der Waals surface area contributed by atoms with E-state index >= 15 is 0 Å². The first-order valence-corrected chi connectivity index (χ1v) is 5.18. The second-order valence-electron chi connectivity index (χ2n) is 3.03. The Labute approximate surface area is 83.0 Å². The molecule has 13 heavy (non-hydrogen) atoms. The average molecular weight is 192 g/mol. The Morgan fingerprint density at radius 2 is 2.31 bits per heavy atom. The van der Waals surface area contributed by atoms with Gasteiger partial charge in [0.25, 0.3) is 0 Å². The maximum atomic E-state index is 8.37. The molecule has 1 rings (SSSR count). The average Bonchev–Trinajstić information content (AvgIpc) is 2.15. The number of thioether (sulfide) groups is 1. The van der Waals surface area contributed by atoms with Gasteiger partial charge in [-0.25, -0.2) is 4.98 Å². The summed E-state index contributed by atoms with van der Waals surface area (Å²) >= 11 is 1.47. The summed E-state index contributed by atoms with van der Waals surface area (Å²) in [5.74, 6) is 0.983. The van der Waals surface area contributed by atoms with Crippen molar-refractivity contribution in [1.82, 2.24) is 4.98 Å². The summed E-state index contributed by atoms with van der Waals surface area (Å²) in [6.07, 6.45) is 1.88. The van der Waals surface area contributed by atoms with Crippen LogP contribution in [0.5, 0.6) is 0 Å². The molecule has 1 heterocycles. The normalized spacial score (nSPS) is 10.0. The highest BCUT2D eigenvalue weighted by Crippen LogP contribution is 2.18. The lowest BCUT2D eigenvalue weighted by molar-refractivity contribution is 0.850. The van der Waals surface area contributed by atoms with Gasteiger partial charge in [0.2, 0.25) is 0 Å². The molecule has 0 bridgehead atoms. The lowest BCUT2D eigenvalue weighted by Gasteiger charge is -2.04. The van der Waals surface area contributed by atoms with Crippen molar-refractivity contribution >= 4 is 11.8 Å². The molecular weight excluding hydrogens is 180 g/mol. The van der Waals surface area contributed by atoms with Gasteiger partial charge in [0.15, 0.2) is 0 Å². The molecule has 0 amide bonds. The molecule has 0 aliphatic carbocycles. The highest BCUT2D eigenvalue weighted by atomic mass is 32.2. The van der Waals surface area contributed by atoms with Crippen molar-refractivity contribution in [2.24, 2.45) is 0 Å². The Hall–Kier alpha value is -1.01. The van der Waals surface area contributed by atoms with Gasteiger partial charge in [-0.3, -0.25) is 0 Å². The highest BCUT2D eigenvalue weighted by molar-refractivity contribution is 7.99. The van der Waals surface area contributed by atoms with E-state index in [2.05, 4.69) is 31.0 Å². The summed E-state index contributed by atoms with van der Waals surface area (Å²) in [4.78, 5) is 4.25. The molecule has 0 radical (unpaired) electrons. The number of hydrogen-bond donors (Lipinski definition) is 0. The predicted molar refractivity (Wildman–Crippen MR) is 54.7 cm³/mol. The Balaban J connectivity index is 2.65. The van der Waals surface area contributed by atoms with Gasteiger partial charge in [-0.1, -0.05) is 31.7 Å². The van der Waals surface area contributed by atoms with Crippen LogP contribution in [0.1, 0.15) is 25.3 Å². The molecule has 1 aromatic rings. The van der Waals surface area contributed by atoms with Crippen molar-refractivity contribution in [2.45, 2.75) is 24.8 Å². The maximum Gasteiger partial charge on any atom is 0.0970 e. The van der Waals surface area contributed by atoms with Crippen molar-refractivity contribution in [3.63, 3.8) is 0 Å². The lowest BCUT2D eigenvalue weighted by Crippen LogP contribution is -1.89. The van der Waals surface area contributed by atoms with Crippen LogP contribution in [0.15, 0.2) is 23.4 Å². The molecule has 0 saturated heterocycles. The summed E-state index contributed by atoms with van der Waals surface area (Å²) < 4.78 is 0. The summed E-state index contributed by atoms with van der Waals surface area (Å²) in [5.41, 5.74) is 1.24. The highest BCUT2D eigenvalue weighted by Gasteiger charge is 1.99. The molecule has 0 aliphatic rings. The molecule has 0 fully saturated rings. The number of rotatable bonds is 3. The Bertz CT molecular complexity index is 298. The number of nitrogens with zero attached hydrogens (tertiary/aromatic N) is 2. The first-order valence-electron chi connectivity index (χ1n) is 4.19. The largest absolute Gasteiger partial charge is 0.250 e. The Morgan fingerprint density at radius 3 is 2.77 bits per heavy atom. The minimum Gasteiger partial charge on any atom is -0.250 e. The minimum absolute atomic E-state index is 0.466. The standard InChI is InChI=1S/C10H12N2S/c1-8(2)9-3-4-10(12-7-9)13-6-5-11/h3-4,7-8H,6H2,1-2H3. The quantitative estimate of drug-likeness (QED) is 0.691. The van der Waals surface area contributed by atoms with Crippen LogP contribution >= 0.6 is 11.8 Å². The van der Waals surface area contributed by atoms with E-state index in [9.17, 15) is 0 Å². The molecule has 0 saturated carbocycles. The van der Waals surface area contributed by atoms with Gasteiger partial charge < -0.3 is 0 Å². The fourth-order valence-corrected chi connectivity index (χ4v) is 1.43. The molecule has 3 heteroatoms. The van der Waals surface area contributed by atoms with Crippen LogP contribution < -0.4 is 0 Å². The predicted octanol–water partition coefficient (Wildman–Crippen LogP) is 2.82. The van der Waals surface area contributed by atoms with E-state index < -0.39 is 0 Å². The zero-order valence-electron chi connectivity index (χ0n) is 7.82. The topological polar surface area (TPSA) is 36.7 Å². The number of nitriles is 1. The van der Waals surface area contributed by atoms with Crippen LogP contribution in [0, 0.1) is 11.3 Å². The van der Waals surface area contributed by atoms with Crippen LogP contribution in [0.3, 0.4) is 0 Å². The smallest absolute Gasteiger partial charge is 0.0970 e. The Kier molecular flexibility index (Phi) is 3.78. The molecule has 0 atom stereocenters. The number of hydrogen-bond acceptors (Lipinski definition) is 3. The van der Waals surface area contributed by atoms with Crippen LogP contribution in [0.25, 0.3) is 0 Å². The molecule has 0 spiro atoms. The molecular formula is C10H12N2S. The minimum atomic E-state index is 0.466. The monoisotopic (exact) mass is 192 g/mol. The van der Waals surface area contributed by atoms with Crippen LogP contribution in [-0.2, 0) is 0 Å². The van der Waals surface area contributed by atoms with Crippen molar-refractivity contribution in [1.29, 1.82) is 5.26 Å². The van der Waals surface area contributed by atoms with Crippen molar-refractivity contribution in [3.8, 4) is 6.07 Å². The van der Waals surface area contributed by atoms with Gasteiger partial charge in [0.05, 0.1) is 16.8 Å². The van der Waals surface area contributed by atoms with Gasteiger partial charge in [0, 0.05) is 6.20 Å². The van der Waals surface area contributed by atoms with Crippen molar-refractivity contribution < 1.29 is 0 Å². The zero-order valence-corrected chi connectivity index (χ0v) is 8.64. The third kappa shape index (κ3) is 3.08. The van der Waals surface area contributed by atoms with Crippen molar-refractivity contribution in [3.05, 3.63) is 23.9 Å². The fourth-order valence-electron chi connectivity index (χ4n) is 0.925. The third-order valence-corrected chi connectivity index (χ3v) is 2.52. The second kappa shape index (κ2) is 4.88. The third-order valence-electron chi connectivity index (χ3n) is 1.71. The lowest BCUT2D eigenvalue weighted by atomic mass is 10.1. The number of aromatic nitrogens is 1. The van der Waals surface area contributed by atoms with Gasteiger partial charge in [-0.05, 0) is 17.5 Å². The summed E-state index contributed by atoms with van der Waals surface area (Å²) in [6, 6.07) is 6.11. The van der Waals surface area contributed by atoms with E-state index in [4.69, 9.17) is 5.26 Å². The second-order valence-corrected chi connectivity index (χ2v) is 4.03. The van der Waals surface area contributed by atoms with Crippen LogP contribution in [-0.4, -0.2) is 10.7 Å². The van der Waals surface area contributed by atoms with Gasteiger partial charge in [-0.2, -0.15) is 5.26 Å². The van der Waals surface area contributed by atoms with Crippen LogP contribution in [0.2, 0.25) is 0 Å². The van der Waals surface area contributed by atoms with Gasteiger partial charge in [0.1, 0.15) is 0 Å². The van der Waals surface area contributed by atoms with Crippen LogP contribution in [0.4, 0.5) is 0 Å². The van der Waals surface area contributed by atoms with E-state index in [0.29, 0.717) is 11.7 Å². The van der Waals surface area contributed by atoms with E-state index in [0.717, 1.165) is 5.03 Å². The molecule has 0 N–H and O–H groups in total. The van der Waals surface area contributed by atoms with Crippen molar-refractivity contribution in [2.75, 3.05) is 5.75 Å².